The van der Waals surface area contributed by atoms with Crippen molar-refractivity contribution in [2.24, 2.45) is 0 Å². The first-order valence-corrected chi connectivity index (χ1v) is 6.26. The SMILES string of the molecule is CCCC1CC(=O)c2cc3c(cc21)OCCO3. The summed E-state index contributed by atoms with van der Waals surface area (Å²) in [4.78, 5) is 11.9. The summed E-state index contributed by atoms with van der Waals surface area (Å²) in [6.45, 7) is 3.32. The van der Waals surface area contributed by atoms with Crippen LogP contribution in [0.3, 0.4) is 0 Å². The standard InChI is InChI=1S/C14H16O3/c1-2-3-9-6-12(15)11-8-14-13(7-10(9)11)16-4-5-17-14/h7-9H,2-6H2,1H3. The molecule has 0 radical (unpaired) electrons. The van der Waals surface area contributed by atoms with E-state index >= 15 is 0 Å². The van der Waals surface area contributed by atoms with Crippen molar-refractivity contribution in [3.8, 4) is 11.5 Å². The summed E-state index contributed by atoms with van der Waals surface area (Å²) in [6.07, 6.45) is 2.82. The van der Waals surface area contributed by atoms with Crippen molar-refractivity contribution in [2.75, 3.05) is 13.2 Å². The molecule has 0 bridgehead atoms. The average Bonchev–Trinajstić information content (AvgIpc) is 2.64. The number of ketones is 1. The number of benzene rings is 1. The van der Waals surface area contributed by atoms with Crippen molar-refractivity contribution in [3.05, 3.63) is 23.3 Å². The van der Waals surface area contributed by atoms with Crippen LogP contribution in [-0.2, 0) is 0 Å². The number of ether oxygens (including phenoxy) is 2. The second-order valence-electron chi connectivity index (χ2n) is 4.70. The predicted molar refractivity (Wildman–Crippen MR) is 64.0 cm³/mol. The summed E-state index contributed by atoms with van der Waals surface area (Å²) in [5.74, 6) is 2.14. The van der Waals surface area contributed by atoms with Gasteiger partial charge in [0.05, 0.1) is 0 Å². The highest BCUT2D eigenvalue weighted by Gasteiger charge is 2.31. The van der Waals surface area contributed by atoms with E-state index in [-0.39, 0.29) is 5.78 Å². The van der Waals surface area contributed by atoms with Gasteiger partial charge in [0.15, 0.2) is 17.3 Å². The van der Waals surface area contributed by atoms with E-state index in [0.717, 1.165) is 35.5 Å². The van der Waals surface area contributed by atoms with Gasteiger partial charge in [-0.2, -0.15) is 0 Å². The van der Waals surface area contributed by atoms with Crippen molar-refractivity contribution in [1.29, 1.82) is 0 Å². The molecule has 0 saturated carbocycles. The predicted octanol–water partition coefficient (Wildman–Crippen LogP) is 2.93. The number of carbonyl (C=O) groups is 1. The molecule has 0 amide bonds. The van der Waals surface area contributed by atoms with E-state index < -0.39 is 0 Å². The van der Waals surface area contributed by atoms with Crippen LogP contribution in [0.4, 0.5) is 0 Å². The Morgan fingerprint density at radius 3 is 2.65 bits per heavy atom. The van der Waals surface area contributed by atoms with Gasteiger partial charge in [-0.1, -0.05) is 13.3 Å². The molecule has 1 aromatic carbocycles. The average molecular weight is 232 g/mol. The Kier molecular flexibility index (Phi) is 2.54. The van der Waals surface area contributed by atoms with Crippen LogP contribution in [-0.4, -0.2) is 19.0 Å². The number of hydrogen-bond donors (Lipinski definition) is 0. The molecule has 1 atom stereocenters. The van der Waals surface area contributed by atoms with E-state index in [1.54, 1.807) is 0 Å². The van der Waals surface area contributed by atoms with Gasteiger partial charge in [-0.05, 0) is 30.0 Å². The molecule has 0 N–H and O–H groups in total. The Hall–Kier alpha value is -1.51. The molecular weight excluding hydrogens is 216 g/mol. The van der Waals surface area contributed by atoms with Gasteiger partial charge < -0.3 is 9.47 Å². The number of Topliss-reactive ketones (excluding diaryl/α,β-unsaturated/α-hetero) is 1. The van der Waals surface area contributed by atoms with Crippen LogP contribution in [0, 0.1) is 0 Å². The summed E-state index contributed by atoms with van der Waals surface area (Å²) in [6, 6.07) is 3.87. The molecule has 0 saturated heterocycles. The molecule has 1 aliphatic heterocycles. The highest BCUT2D eigenvalue weighted by molar-refractivity contribution is 6.02. The zero-order chi connectivity index (χ0) is 11.8. The quantitative estimate of drug-likeness (QED) is 0.786. The molecule has 0 spiro atoms. The number of carbonyl (C=O) groups excluding carboxylic acids is 1. The first-order chi connectivity index (χ1) is 8.29. The fraction of sp³-hybridized carbons (Fsp3) is 0.500. The first kappa shape index (κ1) is 10.6. The summed E-state index contributed by atoms with van der Waals surface area (Å²) in [5.41, 5.74) is 1.99. The Morgan fingerprint density at radius 2 is 1.94 bits per heavy atom. The third kappa shape index (κ3) is 1.70. The van der Waals surface area contributed by atoms with Crippen LogP contribution in [0.1, 0.15) is 48.0 Å². The maximum absolute atomic E-state index is 11.9. The van der Waals surface area contributed by atoms with E-state index in [2.05, 4.69) is 6.92 Å². The first-order valence-electron chi connectivity index (χ1n) is 6.26. The Morgan fingerprint density at radius 1 is 1.24 bits per heavy atom. The molecular formula is C14H16O3. The number of fused-ring (bicyclic) bond motifs is 2. The van der Waals surface area contributed by atoms with Gasteiger partial charge >= 0.3 is 0 Å². The lowest BCUT2D eigenvalue weighted by molar-refractivity contribution is 0.0987. The van der Waals surface area contributed by atoms with Gasteiger partial charge in [0.1, 0.15) is 13.2 Å². The van der Waals surface area contributed by atoms with Crippen molar-refractivity contribution < 1.29 is 14.3 Å². The normalized spacial score (nSPS) is 21.5. The molecule has 1 aromatic rings. The molecule has 3 nitrogen and oxygen atoms in total. The van der Waals surface area contributed by atoms with E-state index in [1.165, 1.54) is 0 Å². The van der Waals surface area contributed by atoms with Crippen LogP contribution >= 0.6 is 0 Å². The molecule has 1 aliphatic carbocycles. The number of rotatable bonds is 2. The van der Waals surface area contributed by atoms with Crippen LogP contribution in [0.25, 0.3) is 0 Å². The molecule has 90 valence electrons. The van der Waals surface area contributed by atoms with Crippen molar-refractivity contribution in [3.63, 3.8) is 0 Å². The van der Waals surface area contributed by atoms with Gasteiger partial charge in [0, 0.05) is 12.0 Å². The summed E-state index contributed by atoms with van der Waals surface area (Å²) < 4.78 is 11.1. The number of hydrogen-bond acceptors (Lipinski definition) is 3. The third-order valence-electron chi connectivity index (χ3n) is 3.52. The second kappa shape index (κ2) is 4.06. The van der Waals surface area contributed by atoms with Crippen LogP contribution in [0.2, 0.25) is 0 Å². The maximum atomic E-state index is 11.9. The molecule has 0 aromatic heterocycles. The smallest absolute Gasteiger partial charge is 0.163 e. The largest absolute Gasteiger partial charge is 0.486 e. The molecule has 3 heteroatoms. The fourth-order valence-electron chi connectivity index (χ4n) is 2.73. The van der Waals surface area contributed by atoms with Gasteiger partial charge in [0.25, 0.3) is 0 Å². The van der Waals surface area contributed by atoms with E-state index in [9.17, 15) is 4.79 Å². The van der Waals surface area contributed by atoms with E-state index in [1.807, 2.05) is 12.1 Å². The Balaban J connectivity index is 2.04. The fourth-order valence-corrected chi connectivity index (χ4v) is 2.73. The van der Waals surface area contributed by atoms with E-state index in [4.69, 9.17) is 9.47 Å². The molecule has 0 fully saturated rings. The van der Waals surface area contributed by atoms with Crippen molar-refractivity contribution in [1.82, 2.24) is 0 Å². The lowest BCUT2D eigenvalue weighted by atomic mass is 9.96. The van der Waals surface area contributed by atoms with Crippen molar-refractivity contribution in [2.45, 2.75) is 32.1 Å². The van der Waals surface area contributed by atoms with Gasteiger partial charge in [-0.15, -0.1) is 0 Å². The summed E-state index contributed by atoms with van der Waals surface area (Å²) >= 11 is 0. The van der Waals surface area contributed by atoms with Gasteiger partial charge in [-0.3, -0.25) is 4.79 Å². The zero-order valence-corrected chi connectivity index (χ0v) is 9.99. The second-order valence-corrected chi connectivity index (χ2v) is 4.70. The highest BCUT2D eigenvalue weighted by Crippen LogP contribution is 2.43. The molecule has 3 rings (SSSR count). The van der Waals surface area contributed by atoms with Crippen molar-refractivity contribution >= 4 is 5.78 Å². The van der Waals surface area contributed by atoms with Crippen LogP contribution < -0.4 is 9.47 Å². The lowest BCUT2D eigenvalue weighted by Gasteiger charge is -2.20. The van der Waals surface area contributed by atoms with Crippen LogP contribution in [0.15, 0.2) is 12.1 Å². The summed E-state index contributed by atoms with van der Waals surface area (Å²) in [7, 11) is 0. The molecule has 2 aliphatic rings. The minimum absolute atomic E-state index is 0.246. The summed E-state index contributed by atoms with van der Waals surface area (Å²) in [5, 5.41) is 0. The molecule has 1 unspecified atom stereocenters. The lowest BCUT2D eigenvalue weighted by Crippen LogP contribution is -2.16. The van der Waals surface area contributed by atoms with Gasteiger partial charge in [0.2, 0.25) is 0 Å². The minimum atomic E-state index is 0.246. The maximum Gasteiger partial charge on any atom is 0.163 e. The topological polar surface area (TPSA) is 35.5 Å². The molecule has 17 heavy (non-hydrogen) atoms. The zero-order valence-electron chi connectivity index (χ0n) is 9.99. The Labute approximate surface area is 101 Å². The Bertz CT molecular complexity index is 465. The monoisotopic (exact) mass is 232 g/mol. The van der Waals surface area contributed by atoms with Gasteiger partial charge in [-0.25, -0.2) is 0 Å². The van der Waals surface area contributed by atoms with Crippen LogP contribution in [0.5, 0.6) is 11.5 Å². The third-order valence-corrected chi connectivity index (χ3v) is 3.52. The minimum Gasteiger partial charge on any atom is -0.486 e. The molecule has 1 heterocycles. The highest BCUT2D eigenvalue weighted by atomic mass is 16.6. The van der Waals surface area contributed by atoms with E-state index in [0.29, 0.717) is 25.6 Å².